The first kappa shape index (κ1) is 23.1. The summed E-state index contributed by atoms with van der Waals surface area (Å²) in [5.74, 6) is 1.13. The minimum absolute atomic E-state index is 0.0931. The van der Waals surface area contributed by atoms with E-state index in [9.17, 15) is 9.59 Å². The van der Waals surface area contributed by atoms with Crippen LogP contribution in [0.15, 0.2) is 12.1 Å². The third-order valence-corrected chi connectivity index (χ3v) is 5.48. The van der Waals surface area contributed by atoms with Crippen molar-refractivity contribution in [2.45, 2.75) is 58.2 Å². The lowest BCUT2D eigenvalue weighted by molar-refractivity contribution is -0.139. The standard InChI is InChI=1S/C22H35N5O4/c1-22(2,3)31-21(29)27-13-6-8-16(14-27)20(28)26-12-7-9-17(15-26)30-19-11-10-18(23-24-19)25(4)5/h10-11,16-17H,6-9,12-15H2,1-5H3. The van der Waals surface area contributed by atoms with Crippen LogP contribution >= 0.6 is 0 Å². The van der Waals surface area contributed by atoms with Crippen LogP contribution in [0.5, 0.6) is 5.88 Å². The monoisotopic (exact) mass is 433 g/mol. The second kappa shape index (κ2) is 9.70. The maximum absolute atomic E-state index is 13.2. The van der Waals surface area contributed by atoms with Gasteiger partial charge < -0.3 is 24.2 Å². The van der Waals surface area contributed by atoms with Gasteiger partial charge in [0.25, 0.3) is 0 Å². The maximum atomic E-state index is 13.2. The molecule has 31 heavy (non-hydrogen) atoms. The fourth-order valence-electron chi connectivity index (χ4n) is 3.95. The molecule has 2 aliphatic heterocycles. The number of hydrogen-bond donors (Lipinski definition) is 0. The molecular weight excluding hydrogens is 398 g/mol. The fourth-order valence-corrected chi connectivity index (χ4v) is 3.95. The molecule has 2 amide bonds. The lowest BCUT2D eigenvalue weighted by Crippen LogP contribution is -2.51. The molecule has 0 spiro atoms. The highest BCUT2D eigenvalue weighted by atomic mass is 16.6. The first-order valence-electron chi connectivity index (χ1n) is 11.1. The van der Waals surface area contributed by atoms with Crippen LogP contribution in [-0.4, -0.2) is 84.0 Å². The molecule has 0 radical (unpaired) electrons. The van der Waals surface area contributed by atoms with Crippen molar-refractivity contribution in [3.8, 4) is 5.88 Å². The SMILES string of the molecule is CN(C)c1ccc(OC2CCCN(C(=O)C3CCCN(C(=O)OC(C)(C)C)C3)C2)nn1. The van der Waals surface area contributed by atoms with E-state index in [1.54, 1.807) is 4.90 Å². The second-order valence-electron chi connectivity index (χ2n) is 9.56. The molecule has 0 aliphatic carbocycles. The van der Waals surface area contributed by atoms with Gasteiger partial charge in [0.05, 0.1) is 12.5 Å². The Balaban J connectivity index is 1.55. The molecule has 9 heteroatoms. The van der Waals surface area contributed by atoms with Crippen LogP contribution in [0.2, 0.25) is 0 Å². The summed E-state index contributed by atoms with van der Waals surface area (Å²) >= 11 is 0. The summed E-state index contributed by atoms with van der Waals surface area (Å²) in [6.07, 6.45) is 2.89. The first-order valence-corrected chi connectivity index (χ1v) is 11.1. The van der Waals surface area contributed by atoms with Crippen molar-refractivity contribution in [2.24, 2.45) is 5.92 Å². The van der Waals surface area contributed by atoms with E-state index in [-0.39, 0.29) is 24.0 Å². The molecule has 2 unspecified atom stereocenters. The number of ether oxygens (including phenoxy) is 2. The Labute approximate surface area is 184 Å². The Morgan fingerprint density at radius 3 is 2.39 bits per heavy atom. The number of amides is 2. The zero-order valence-corrected chi connectivity index (χ0v) is 19.3. The molecule has 0 bridgehead atoms. The summed E-state index contributed by atoms with van der Waals surface area (Å²) in [7, 11) is 3.81. The fraction of sp³-hybridized carbons (Fsp3) is 0.727. The molecule has 2 atom stereocenters. The summed E-state index contributed by atoms with van der Waals surface area (Å²) in [4.78, 5) is 31.0. The summed E-state index contributed by atoms with van der Waals surface area (Å²) in [5.41, 5.74) is -0.543. The average Bonchev–Trinajstić information content (AvgIpc) is 2.72. The number of hydrogen-bond acceptors (Lipinski definition) is 7. The van der Waals surface area contributed by atoms with E-state index in [0.717, 1.165) is 31.5 Å². The van der Waals surface area contributed by atoms with Gasteiger partial charge in [-0.15, -0.1) is 10.2 Å². The number of nitrogens with zero attached hydrogens (tertiary/aromatic N) is 5. The minimum Gasteiger partial charge on any atom is -0.471 e. The van der Waals surface area contributed by atoms with Gasteiger partial charge in [-0.1, -0.05) is 0 Å². The summed E-state index contributed by atoms with van der Waals surface area (Å²) < 4.78 is 11.5. The maximum Gasteiger partial charge on any atom is 0.410 e. The molecule has 172 valence electrons. The molecule has 2 saturated heterocycles. The highest BCUT2D eigenvalue weighted by Crippen LogP contribution is 2.24. The van der Waals surface area contributed by atoms with Crippen LogP contribution in [-0.2, 0) is 9.53 Å². The zero-order valence-electron chi connectivity index (χ0n) is 19.3. The average molecular weight is 434 g/mol. The molecule has 1 aromatic heterocycles. The van der Waals surface area contributed by atoms with Gasteiger partial charge in [-0.2, -0.15) is 0 Å². The van der Waals surface area contributed by atoms with Gasteiger partial charge in [0.15, 0.2) is 5.82 Å². The van der Waals surface area contributed by atoms with Crippen LogP contribution in [0.25, 0.3) is 0 Å². The van der Waals surface area contributed by atoms with Gasteiger partial charge in [-0.3, -0.25) is 4.79 Å². The van der Waals surface area contributed by atoms with E-state index in [2.05, 4.69) is 10.2 Å². The third kappa shape index (κ3) is 6.45. The van der Waals surface area contributed by atoms with Crippen molar-refractivity contribution in [2.75, 3.05) is 45.2 Å². The quantitative estimate of drug-likeness (QED) is 0.721. The van der Waals surface area contributed by atoms with Crippen LogP contribution < -0.4 is 9.64 Å². The number of carbonyl (C=O) groups excluding carboxylic acids is 2. The molecule has 3 rings (SSSR count). The lowest BCUT2D eigenvalue weighted by atomic mass is 9.95. The van der Waals surface area contributed by atoms with Crippen molar-refractivity contribution in [3.05, 3.63) is 12.1 Å². The van der Waals surface area contributed by atoms with Crippen LogP contribution in [0.3, 0.4) is 0 Å². The van der Waals surface area contributed by atoms with Gasteiger partial charge in [0.2, 0.25) is 11.8 Å². The van der Waals surface area contributed by atoms with Gasteiger partial charge >= 0.3 is 6.09 Å². The van der Waals surface area contributed by atoms with E-state index in [0.29, 0.717) is 32.1 Å². The predicted molar refractivity (Wildman–Crippen MR) is 117 cm³/mol. The van der Waals surface area contributed by atoms with Crippen molar-refractivity contribution in [1.29, 1.82) is 0 Å². The normalized spacial score (nSPS) is 22.1. The molecule has 0 aromatic carbocycles. The van der Waals surface area contributed by atoms with Crippen molar-refractivity contribution < 1.29 is 19.1 Å². The van der Waals surface area contributed by atoms with Gasteiger partial charge in [-0.25, -0.2) is 4.79 Å². The molecular formula is C22H35N5O4. The van der Waals surface area contributed by atoms with E-state index in [1.165, 1.54) is 0 Å². The molecule has 1 aromatic rings. The molecule has 0 N–H and O–H groups in total. The number of carbonyl (C=O) groups is 2. The Bertz CT molecular complexity index is 762. The highest BCUT2D eigenvalue weighted by Gasteiger charge is 2.35. The third-order valence-electron chi connectivity index (χ3n) is 5.48. The van der Waals surface area contributed by atoms with E-state index in [1.807, 2.05) is 56.8 Å². The number of rotatable bonds is 4. The number of aromatic nitrogens is 2. The molecule has 2 aliphatic rings. The molecule has 0 saturated carbocycles. The van der Waals surface area contributed by atoms with Crippen molar-refractivity contribution in [3.63, 3.8) is 0 Å². The number of likely N-dealkylation sites (tertiary alicyclic amines) is 2. The molecule has 9 nitrogen and oxygen atoms in total. The Morgan fingerprint density at radius 1 is 1.03 bits per heavy atom. The Hall–Kier alpha value is -2.58. The van der Waals surface area contributed by atoms with Crippen LogP contribution in [0.1, 0.15) is 46.5 Å². The summed E-state index contributed by atoms with van der Waals surface area (Å²) in [5, 5.41) is 8.28. The first-order chi connectivity index (χ1) is 14.6. The number of piperidine rings is 2. The second-order valence-corrected chi connectivity index (χ2v) is 9.56. The smallest absolute Gasteiger partial charge is 0.410 e. The zero-order chi connectivity index (χ0) is 22.6. The van der Waals surface area contributed by atoms with Gasteiger partial charge in [0, 0.05) is 39.8 Å². The largest absolute Gasteiger partial charge is 0.471 e. The van der Waals surface area contributed by atoms with Gasteiger partial charge in [-0.05, 0) is 52.5 Å². The van der Waals surface area contributed by atoms with E-state index < -0.39 is 5.60 Å². The van der Waals surface area contributed by atoms with Crippen LogP contribution in [0, 0.1) is 5.92 Å². The van der Waals surface area contributed by atoms with Crippen molar-refractivity contribution in [1.82, 2.24) is 20.0 Å². The van der Waals surface area contributed by atoms with Crippen molar-refractivity contribution >= 4 is 17.8 Å². The highest BCUT2D eigenvalue weighted by molar-refractivity contribution is 5.80. The van der Waals surface area contributed by atoms with Gasteiger partial charge in [0.1, 0.15) is 11.7 Å². The summed E-state index contributed by atoms with van der Waals surface area (Å²) in [6.45, 7) is 7.84. The predicted octanol–water partition coefficient (Wildman–Crippen LogP) is 2.56. The minimum atomic E-state index is -0.543. The van der Waals surface area contributed by atoms with E-state index >= 15 is 0 Å². The van der Waals surface area contributed by atoms with Crippen LogP contribution in [0.4, 0.5) is 10.6 Å². The Kier molecular flexibility index (Phi) is 7.23. The topological polar surface area (TPSA) is 88.1 Å². The number of anilines is 1. The lowest BCUT2D eigenvalue weighted by Gasteiger charge is -2.38. The summed E-state index contributed by atoms with van der Waals surface area (Å²) in [6, 6.07) is 3.67. The van der Waals surface area contributed by atoms with E-state index in [4.69, 9.17) is 9.47 Å². The molecule has 2 fully saturated rings. The molecule has 3 heterocycles. The Morgan fingerprint density at radius 2 is 1.74 bits per heavy atom.